The molecule has 0 saturated heterocycles. The van der Waals surface area contributed by atoms with Gasteiger partial charge in [-0.1, -0.05) is 11.6 Å². The van der Waals surface area contributed by atoms with Crippen LogP contribution in [0.3, 0.4) is 0 Å². The predicted octanol–water partition coefficient (Wildman–Crippen LogP) is 1.73. The van der Waals surface area contributed by atoms with Crippen molar-refractivity contribution < 1.29 is 31.1 Å². The SMILES string of the molecule is CC(COc1cnc(Cl)c(C(=O)NC2(C#N)CC2)c1)NS(=O)(=O)C(F)(F)F. The first-order chi connectivity index (χ1) is 12.4. The molecule has 1 saturated carbocycles. The molecule has 27 heavy (non-hydrogen) atoms. The third kappa shape index (κ3) is 5.21. The van der Waals surface area contributed by atoms with E-state index >= 15 is 0 Å². The molecule has 1 amide bonds. The van der Waals surface area contributed by atoms with Crippen molar-refractivity contribution in [1.29, 1.82) is 5.26 Å². The Bertz CT molecular complexity index is 881. The van der Waals surface area contributed by atoms with Gasteiger partial charge in [0, 0.05) is 0 Å². The molecule has 13 heteroatoms. The van der Waals surface area contributed by atoms with E-state index in [-0.39, 0.29) is 16.5 Å². The van der Waals surface area contributed by atoms with E-state index in [4.69, 9.17) is 21.6 Å². The van der Waals surface area contributed by atoms with Crippen LogP contribution < -0.4 is 14.8 Å². The summed E-state index contributed by atoms with van der Waals surface area (Å²) >= 11 is 5.86. The minimum atomic E-state index is -5.51. The molecule has 1 unspecified atom stereocenters. The second-order valence-corrected chi connectivity index (χ2v) is 8.00. The third-order valence-electron chi connectivity index (χ3n) is 3.54. The summed E-state index contributed by atoms with van der Waals surface area (Å²) in [6.45, 7) is 0.714. The highest BCUT2D eigenvalue weighted by Crippen LogP contribution is 2.35. The second kappa shape index (κ2) is 7.49. The van der Waals surface area contributed by atoms with E-state index in [0.29, 0.717) is 12.8 Å². The van der Waals surface area contributed by atoms with Crippen LogP contribution in [0.15, 0.2) is 12.3 Å². The van der Waals surface area contributed by atoms with E-state index in [0.717, 1.165) is 6.20 Å². The lowest BCUT2D eigenvalue weighted by atomic mass is 10.2. The smallest absolute Gasteiger partial charge is 0.490 e. The molecule has 0 aromatic carbocycles. The van der Waals surface area contributed by atoms with Crippen LogP contribution in [0.5, 0.6) is 5.75 Å². The minimum Gasteiger partial charge on any atom is -0.490 e. The summed E-state index contributed by atoms with van der Waals surface area (Å²) in [6, 6.07) is 1.96. The van der Waals surface area contributed by atoms with E-state index < -0.39 is 39.6 Å². The van der Waals surface area contributed by atoms with Crippen LogP contribution in [-0.2, 0) is 10.0 Å². The average molecular weight is 427 g/mol. The van der Waals surface area contributed by atoms with Crippen molar-refractivity contribution in [3.8, 4) is 11.8 Å². The van der Waals surface area contributed by atoms with Crippen molar-refractivity contribution in [2.45, 2.75) is 36.9 Å². The number of sulfonamides is 1. The molecular weight excluding hydrogens is 413 g/mol. The van der Waals surface area contributed by atoms with Gasteiger partial charge in [-0.3, -0.25) is 4.79 Å². The molecule has 1 fully saturated rings. The summed E-state index contributed by atoms with van der Waals surface area (Å²) in [4.78, 5) is 16.0. The zero-order valence-electron chi connectivity index (χ0n) is 13.8. The molecule has 1 aromatic heterocycles. The molecule has 0 spiro atoms. The van der Waals surface area contributed by atoms with Gasteiger partial charge in [0.15, 0.2) is 0 Å². The molecule has 0 bridgehead atoms. The first-order valence-electron chi connectivity index (χ1n) is 7.50. The first-order valence-corrected chi connectivity index (χ1v) is 9.36. The molecule has 1 aliphatic rings. The highest BCUT2D eigenvalue weighted by Gasteiger charge is 2.46. The van der Waals surface area contributed by atoms with Crippen molar-refractivity contribution >= 4 is 27.5 Å². The minimum absolute atomic E-state index is 0.00980. The molecule has 0 aliphatic heterocycles. The molecule has 1 atom stereocenters. The fraction of sp³-hybridized carbons (Fsp3) is 0.500. The van der Waals surface area contributed by atoms with Crippen LogP contribution in [0.25, 0.3) is 0 Å². The van der Waals surface area contributed by atoms with Crippen molar-refractivity contribution in [3.63, 3.8) is 0 Å². The van der Waals surface area contributed by atoms with E-state index in [9.17, 15) is 26.4 Å². The van der Waals surface area contributed by atoms with Gasteiger partial charge >= 0.3 is 15.5 Å². The lowest BCUT2D eigenvalue weighted by molar-refractivity contribution is -0.0451. The van der Waals surface area contributed by atoms with Crippen LogP contribution in [0.4, 0.5) is 13.2 Å². The number of hydrogen-bond acceptors (Lipinski definition) is 6. The normalized spacial score (nSPS) is 16.9. The maximum atomic E-state index is 12.3. The van der Waals surface area contributed by atoms with Crippen LogP contribution in [-0.4, -0.2) is 43.0 Å². The first kappa shape index (κ1) is 21.2. The van der Waals surface area contributed by atoms with Gasteiger partial charge in [-0.2, -0.15) is 18.4 Å². The Morgan fingerprint density at radius 3 is 2.67 bits per heavy atom. The third-order valence-corrected chi connectivity index (χ3v) is 5.16. The van der Waals surface area contributed by atoms with E-state index in [2.05, 4.69) is 10.3 Å². The van der Waals surface area contributed by atoms with Gasteiger partial charge < -0.3 is 10.1 Å². The van der Waals surface area contributed by atoms with Crippen LogP contribution in [0.1, 0.15) is 30.1 Å². The predicted molar refractivity (Wildman–Crippen MR) is 87.4 cm³/mol. The lowest BCUT2D eigenvalue weighted by Gasteiger charge is -2.17. The summed E-state index contributed by atoms with van der Waals surface area (Å²) in [7, 11) is -5.51. The number of pyridine rings is 1. The van der Waals surface area contributed by atoms with Crippen molar-refractivity contribution in [1.82, 2.24) is 15.0 Å². The Morgan fingerprint density at radius 1 is 1.52 bits per heavy atom. The molecule has 1 aromatic rings. The zero-order chi connectivity index (χ0) is 20.5. The van der Waals surface area contributed by atoms with Gasteiger partial charge in [-0.05, 0) is 25.8 Å². The van der Waals surface area contributed by atoms with Crippen LogP contribution in [0.2, 0.25) is 5.15 Å². The summed E-state index contributed by atoms with van der Waals surface area (Å²) in [5, 5.41) is 11.4. The van der Waals surface area contributed by atoms with Gasteiger partial charge in [0.25, 0.3) is 5.91 Å². The molecule has 1 aliphatic carbocycles. The van der Waals surface area contributed by atoms with Gasteiger partial charge in [0.1, 0.15) is 23.0 Å². The summed E-state index contributed by atoms with van der Waals surface area (Å²) < 4.78 is 65.7. The van der Waals surface area contributed by atoms with E-state index in [1.807, 2.05) is 6.07 Å². The molecule has 1 heterocycles. The van der Waals surface area contributed by atoms with Crippen molar-refractivity contribution in [3.05, 3.63) is 23.0 Å². The maximum Gasteiger partial charge on any atom is 0.511 e. The van der Waals surface area contributed by atoms with Gasteiger partial charge in [-0.25, -0.2) is 18.1 Å². The lowest BCUT2D eigenvalue weighted by Crippen LogP contribution is -2.43. The second-order valence-electron chi connectivity index (χ2n) is 5.94. The number of alkyl halides is 3. The Balaban J connectivity index is 2.02. The Labute approximate surface area is 157 Å². The Kier molecular flexibility index (Phi) is 5.88. The zero-order valence-corrected chi connectivity index (χ0v) is 15.4. The molecule has 2 N–H and O–H groups in total. The molecule has 8 nitrogen and oxygen atoms in total. The number of hydrogen-bond donors (Lipinski definition) is 2. The number of nitrogens with zero attached hydrogens (tertiary/aromatic N) is 2. The number of nitrogens with one attached hydrogen (secondary N) is 2. The number of ether oxygens (including phenoxy) is 1. The van der Waals surface area contributed by atoms with Gasteiger partial charge in [-0.15, -0.1) is 0 Å². The fourth-order valence-corrected chi connectivity index (χ4v) is 2.85. The quantitative estimate of drug-likeness (QED) is 0.640. The molecule has 0 radical (unpaired) electrons. The highest BCUT2D eigenvalue weighted by atomic mass is 35.5. The topological polar surface area (TPSA) is 121 Å². The summed E-state index contributed by atoms with van der Waals surface area (Å²) in [5.41, 5.74) is -6.45. The number of amides is 1. The largest absolute Gasteiger partial charge is 0.511 e. The average Bonchev–Trinajstić information content (AvgIpc) is 3.32. The number of halogens is 4. The van der Waals surface area contributed by atoms with Crippen molar-refractivity contribution in [2.24, 2.45) is 0 Å². The molecular formula is C14H14ClF3N4O4S. The van der Waals surface area contributed by atoms with Crippen molar-refractivity contribution in [2.75, 3.05) is 6.61 Å². The summed E-state index contributed by atoms with van der Waals surface area (Å²) in [6.07, 6.45) is 2.14. The standard InChI is InChI=1S/C14H14ClF3N4O4S/c1-8(22-27(24,25)14(16,17)18)6-26-9-4-10(11(15)20-5-9)12(23)21-13(7-19)2-3-13/h4-5,8,22H,2-3,6H2,1H3,(H,21,23). The van der Waals surface area contributed by atoms with E-state index in [1.165, 1.54) is 17.7 Å². The summed E-state index contributed by atoms with van der Waals surface area (Å²) in [5.74, 6) is -0.660. The number of aromatic nitrogens is 1. The monoisotopic (exact) mass is 426 g/mol. The Morgan fingerprint density at radius 2 is 2.15 bits per heavy atom. The van der Waals surface area contributed by atoms with Gasteiger partial charge in [0.05, 0.1) is 23.9 Å². The van der Waals surface area contributed by atoms with Crippen LogP contribution >= 0.6 is 11.6 Å². The van der Waals surface area contributed by atoms with Gasteiger partial charge in [0.2, 0.25) is 0 Å². The number of carbonyl (C=O) groups is 1. The number of nitriles is 1. The fourth-order valence-electron chi connectivity index (χ4n) is 1.93. The number of carbonyl (C=O) groups excluding carboxylic acids is 1. The maximum absolute atomic E-state index is 12.3. The molecule has 2 rings (SSSR count). The van der Waals surface area contributed by atoms with E-state index in [1.54, 1.807) is 0 Å². The number of rotatable bonds is 7. The highest BCUT2D eigenvalue weighted by molar-refractivity contribution is 7.90. The van der Waals surface area contributed by atoms with Crippen LogP contribution in [0, 0.1) is 11.3 Å². The molecule has 148 valence electrons. The Hall–Kier alpha value is -2.10.